The van der Waals surface area contributed by atoms with Crippen molar-refractivity contribution in [3.8, 4) is 11.5 Å². The molecule has 0 aromatic heterocycles. The summed E-state index contributed by atoms with van der Waals surface area (Å²) in [5, 5.41) is 22.7. The molecule has 120 valence electrons. The lowest BCUT2D eigenvalue weighted by Gasteiger charge is -2.29. The summed E-state index contributed by atoms with van der Waals surface area (Å²) < 4.78 is 0. The van der Waals surface area contributed by atoms with Crippen LogP contribution >= 0.6 is 0 Å². The van der Waals surface area contributed by atoms with E-state index in [-0.39, 0.29) is 23.0 Å². The molecule has 1 aliphatic rings. The van der Waals surface area contributed by atoms with Crippen LogP contribution in [-0.2, 0) is 13.0 Å². The van der Waals surface area contributed by atoms with Crippen LogP contribution in [-0.4, -0.2) is 34.6 Å². The Kier molecular flexibility index (Phi) is 3.86. The van der Waals surface area contributed by atoms with E-state index in [0.29, 0.717) is 18.7 Å². The molecule has 5 heteroatoms. The predicted molar refractivity (Wildman–Crippen MR) is 88.9 cm³/mol. The number of aromatic hydroxyl groups is 2. The first-order valence-corrected chi connectivity index (χ1v) is 7.61. The van der Waals surface area contributed by atoms with E-state index in [1.54, 1.807) is 11.8 Å². The summed E-state index contributed by atoms with van der Waals surface area (Å²) in [5.74, 6) is -0.416. The number of aryl methyl sites for hydroxylation is 1. The summed E-state index contributed by atoms with van der Waals surface area (Å²) in [6.07, 6.45) is 0.795. The number of carbonyl (C=O) groups excluding carboxylic acids is 1. The Balaban J connectivity index is 1.88. The van der Waals surface area contributed by atoms with Crippen LogP contribution in [0.3, 0.4) is 0 Å². The Morgan fingerprint density at radius 3 is 2.65 bits per heavy atom. The minimum Gasteiger partial charge on any atom is -0.508 e. The molecule has 1 aliphatic heterocycles. The first-order chi connectivity index (χ1) is 11.0. The number of anilines is 1. The van der Waals surface area contributed by atoms with Gasteiger partial charge in [-0.15, -0.1) is 0 Å². The lowest BCUT2D eigenvalue weighted by atomic mass is 9.98. The van der Waals surface area contributed by atoms with Crippen molar-refractivity contribution in [1.82, 2.24) is 4.90 Å². The van der Waals surface area contributed by atoms with Crippen molar-refractivity contribution in [3.05, 3.63) is 52.6 Å². The molecule has 0 saturated heterocycles. The third kappa shape index (κ3) is 2.82. The first-order valence-electron chi connectivity index (χ1n) is 7.61. The van der Waals surface area contributed by atoms with Gasteiger partial charge in [-0.1, -0.05) is 6.07 Å². The lowest BCUT2D eigenvalue weighted by Crippen LogP contribution is -2.36. The fraction of sp³-hybridized carbons (Fsp3) is 0.278. The monoisotopic (exact) mass is 312 g/mol. The van der Waals surface area contributed by atoms with Crippen LogP contribution in [0.1, 0.15) is 27.0 Å². The van der Waals surface area contributed by atoms with Crippen molar-refractivity contribution in [1.29, 1.82) is 0 Å². The van der Waals surface area contributed by atoms with Gasteiger partial charge in [-0.3, -0.25) is 4.79 Å². The molecule has 0 fully saturated rings. The maximum Gasteiger partial charge on any atom is 0.257 e. The van der Waals surface area contributed by atoms with E-state index in [4.69, 9.17) is 0 Å². The Labute approximate surface area is 135 Å². The fourth-order valence-electron chi connectivity index (χ4n) is 2.91. The standard InChI is InChI=1S/C18H20N2O3/c1-11-7-15(17(22)9-16(11)21)18(23)20-6-5-12-3-4-14(19-2)8-13(12)10-20/h3-4,7-9,19,21-22H,5-6,10H2,1-2H3. The molecular formula is C18H20N2O3. The summed E-state index contributed by atoms with van der Waals surface area (Å²) in [6.45, 7) is 2.84. The molecule has 23 heavy (non-hydrogen) atoms. The van der Waals surface area contributed by atoms with Gasteiger partial charge in [-0.25, -0.2) is 0 Å². The number of nitrogens with one attached hydrogen (secondary N) is 1. The van der Waals surface area contributed by atoms with Crippen molar-refractivity contribution < 1.29 is 15.0 Å². The average Bonchev–Trinajstić information content (AvgIpc) is 2.56. The molecule has 2 aromatic rings. The zero-order chi connectivity index (χ0) is 16.6. The number of carbonyl (C=O) groups is 1. The van der Waals surface area contributed by atoms with Crippen molar-refractivity contribution in [2.75, 3.05) is 18.9 Å². The van der Waals surface area contributed by atoms with Crippen molar-refractivity contribution in [2.45, 2.75) is 19.9 Å². The third-order valence-corrected chi connectivity index (χ3v) is 4.34. The quantitative estimate of drug-likeness (QED) is 0.797. The highest BCUT2D eigenvalue weighted by molar-refractivity contribution is 5.97. The Bertz CT molecular complexity index is 771. The molecule has 0 atom stereocenters. The molecule has 0 saturated carbocycles. The number of nitrogens with zero attached hydrogens (tertiary/aromatic N) is 1. The highest BCUT2D eigenvalue weighted by atomic mass is 16.3. The lowest BCUT2D eigenvalue weighted by molar-refractivity contribution is 0.0731. The number of rotatable bonds is 2. The number of amides is 1. The Morgan fingerprint density at radius 2 is 1.91 bits per heavy atom. The van der Waals surface area contributed by atoms with E-state index < -0.39 is 0 Å². The van der Waals surface area contributed by atoms with Gasteiger partial charge in [0.15, 0.2) is 0 Å². The minimum absolute atomic E-state index is 0.0123. The fourth-order valence-corrected chi connectivity index (χ4v) is 2.91. The van der Waals surface area contributed by atoms with Crippen LogP contribution in [0.5, 0.6) is 11.5 Å². The number of phenols is 2. The minimum atomic E-state index is -0.217. The molecule has 0 aliphatic carbocycles. The van der Waals surface area contributed by atoms with Gasteiger partial charge in [-0.05, 0) is 48.2 Å². The van der Waals surface area contributed by atoms with E-state index >= 15 is 0 Å². The van der Waals surface area contributed by atoms with Crippen LogP contribution in [0.2, 0.25) is 0 Å². The van der Waals surface area contributed by atoms with Gasteiger partial charge in [0.25, 0.3) is 5.91 Å². The summed E-state index contributed by atoms with van der Waals surface area (Å²) in [6, 6.07) is 8.93. The first kappa shape index (κ1) is 15.2. The molecule has 0 spiro atoms. The number of hydrogen-bond acceptors (Lipinski definition) is 4. The van der Waals surface area contributed by atoms with E-state index in [0.717, 1.165) is 17.7 Å². The highest BCUT2D eigenvalue weighted by Crippen LogP contribution is 2.30. The summed E-state index contributed by atoms with van der Waals surface area (Å²) in [4.78, 5) is 14.4. The van der Waals surface area contributed by atoms with Gasteiger partial charge in [0.2, 0.25) is 0 Å². The molecule has 0 radical (unpaired) electrons. The summed E-state index contributed by atoms with van der Waals surface area (Å²) in [7, 11) is 1.87. The Hall–Kier alpha value is -2.69. The maximum absolute atomic E-state index is 12.7. The third-order valence-electron chi connectivity index (χ3n) is 4.34. The number of benzene rings is 2. The Morgan fingerprint density at radius 1 is 1.13 bits per heavy atom. The van der Waals surface area contributed by atoms with Crippen molar-refractivity contribution in [2.24, 2.45) is 0 Å². The SMILES string of the molecule is CNc1ccc2c(c1)CN(C(=O)c1cc(C)c(O)cc1O)CC2. The highest BCUT2D eigenvalue weighted by Gasteiger charge is 2.24. The molecule has 5 nitrogen and oxygen atoms in total. The molecular weight excluding hydrogens is 292 g/mol. The second-order valence-corrected chi connectivity index (χ2v) is 5.87. The normalized spacial score (nSPS) is 13.6. The van der Waals surface area contributed by atoms with Gasteiger partial charge in [0.1, 0.15) is 11.5 Å². The molecule has 1 amide bonds. The van der Waals surface area contributed by atoms with E-state index in [9.17, 15) is 15.0 Å². The van der Waals surface area contributed by atoms with Crippen LogP contribution in [0.15, 0.2) is 30.3 Å². The van der Waals surface area contributed by atoms with Crippen LogP contribution in [0.4, 0.5) is 5.69 Å². The molecule has 3 N–H and O–H groups in total. The van der Waals surface area contributed by atoms with E-state index in [2.05, 4.69) is 17.4 Å². The molecule has 3 rings (SSSR count). The van der Waals surface area contributed by atoms with Crippen LogP contribution in [0, 0.1) is 6.92 Å². The predicted octanol–water partition coefficient (Wildman–Crippen LogP) is 2.65. The van der Waals surface area contributed by atoms with E-state index in [1.807, 2.05) is 13.1 Å². The van der Waals surface area contributed by atoms with Crippen molar-refractivity contribution in [3.63, 3.8) is 0 Å². The molecule has 0 unspecified atom stereocenters. The molecule has 0 bridgehead atoms. The van der Waals surface area contributed by atoms with Gasteiger partial charge in [-0.2, -0.15) is 0 Å². The number of hydrogen-bond donors (Lipinski definition) is 3. The number of phenolic OH excluding ortho intramolecular Hbond substituents is 2. The van der Waals surface area contributed by atoms with Gasteiger partial charge >= 0.3 is 0 Å². The van der Waals surface area contributed by atoms with E-state index in [1.165, 1.54) is 17.7 Å². The second kappa shape index (κ2) is 5.83. The summed E-state index contributed by atoms with van der Waals surface area (Å²) in [5.41, 5.74) is 4.18. The smallest absolute Gasteiger partial charge is 0.257 e. The van der Waals surface area contributed by atoms with Crippen molar-refractivity contribution >= 4 is 11.6 Å². The summed E-state index contributed by atoms with van der Waals surface area (Å²) >= 11 is 0. The largest absolute Gasteiger partial charge is 0.508 e. The maximum atomic E-state index is 12.7. The van der Waals surface area contributed by atoms with Gasteiger partial charge in [0.05, 0.1) is 5.56 Å². The number of fused-ring (bicyclic) bond motifs is 1. The zero-order valence-electron chi connectivity index (χ0n) is 13.3. The van der Waals surface area contributed by atoms with Crippen LogP contribution < -0.4 is 5.32 Å². The van der Waals surface area contributed by atoms with Crippen LogP contribution in [0.25, 0.3) is 0 Å². The molecule has 1 heterocycles. The topological polar surface area (TPSA) is 72.8 Å². The average molecular weight is 312 g/mol. The zero-order valence-corrected chi connectivity index (χ0v) is 13.3. The second-order valence-electron chi connectivity index (χ2n) is 5.87. The van der Waals surface area contributed by atoms with Gasteiger partial charge < -0.3 is 20.4 Å². The molecule has 2 aromatic carbocycles. The van der Waals surface area contributed by atoms with Gasteiger partial charge in [0, 0.05) is 31.9 Å².